The topological polar surface area (TPSA) is 62.0 Å². The van der Waals surface area contributed by atoms with Crippen molar-refractivity contribution in [2.45, 2.75) is 13.3 Å². The van der Waals surface area contributed by atoms with Crippen LogP contribution in [-0.4, -0.2) is 10.9 Å². The molecule has 3 aromatic rings. The zero-order valence-corrected chi connectivity index (χ0v) is 12.2. The summed E-state index contributed by atoms with van der Waals surface area (Å²) in [6, 6.07) is 14.7. The number of benzene rings is 2. The summed E-state index contributed by atoms with van der Waals surface area (Å²) < 4.78 is 0. The number of carbonyl (C=O) groups is 1. The second-order valence-electron chi connectivity index (χ2n) is 5.08. The Morgan fingerprint density at radius 3 is 2.55 bits per heavy atom. The van der Waals surface area contributed by atoms with E-state index in [4.69, 9.17) is 0 Å². The Labute approximate surface area is 127 Å². The van der Waals surface area contributed by atoms with Crippen LogP contribution in [-0.2, 0) is 6.42 Å². The van der Waals surface area contributed by atoms with Crippen molar-refractivity contribution in [3.05, 3.63) is 76.1 Å². The molecule has 110 valence electrons. The number of pyridine rings is 1. The quantitative estimate of drug-likeness (QED) is 0.777. The van der Waals surface area contributed by atoms with Crippen LogP contribution in [0, 0.1) is 0 Å². The predicted octanol–water partition coefficient (Wildman–Crippen LogP) is 3.34. The number of hydrogen-bond acceptors (Lipinski definition) is 2. The average Bonchev–Trinajstić information content (AvgIpc) is 2.56. The Bertz CT molecular complexity index is 879. The summed E-state index contributed by atoms with van der Waals surface area (Å²) >= 11 is 0. The molecule has 22 heavy (non-hydrogen) atoms. The number of fused-ring (bicyclic) bond motifs is 1. The molecular weight excluding hydrogens is 276 g/mol. The molecule has 0 aliphatic rings. The first kappa shape index (κ1) is 14.1. The van der Waals surface area contributed by atoms with Crippen LogP contribution in [0.25, 0.3) is 10.9 Å². The number of aromatic amines is 1. The number of H-pyrrole nitrogens is 1. The van der Waals surface area contributed by atoms with Gasteiger partial charge in [0.25, 0.3) is 5.91 Å². The van der Waals surface area contributed by atoms with Crippen molar-refractivity contribution in [2.75, 3.05) is 5.32 Å². The molecule has 0 radical (unpaired) electrons. The van der Waals surface area contributed by atoms with E-state index >= 15 is 0 Å². The van der Waals surface area contributed by atoms with Gasteiger partial charge in [0.05, 0.1) is 0 Å². The molecule has 0 saturated carbocycles. The third-order valence-corrected chi connectivity index (χ3v) is 3.65. The van der Waals surface area contributed by atoms with Crippen LogP contribution in [0.4, 0.5) is 5.69 Å². The van der Waals surface area contributed by atoms with E-state index in [1.807, 2.05) is 36.4 Å². The number of carbonyl (C=O) groups excluding carboxylic acids is 1. The van der Waals surface area contributed by atoms with Gasteiger partial charge in [0, 0.05) is 22.8 Å². The summed E-state index contributed by atoms with van der Waals surface area (Å²) in [7, 11) is 0. The van der Waals surface area contributed by atoms with Crippen LogP contribution in [0.2, 0.25) is 0 Å². The van der Waals surface area contributed by atoms with Gasteiger partial charge in [-0.15, -0.1) is 0 Å². The highest BCUT2D eigenvalue weighted by molar-refractivity contribution is 6.05. The van der Waals surface area contributed by atoms with Gasteiger partial charge in [0.1, 0.15) is 5.56 Å². The van der Waals surface area contributed by atoms with Crippen molar-refractivity contribution in [2.24, 2.45) is 0 Å². The van der Waals surface area contributed by atoms with E-state index < -0.39 is 5.91 Å². The second kappa shape index (κ2) is 5.85. The molecular formula is C18H16N2O2. The van der Waals surface area contributed by atoms with Gasteiger partial charge in [-0.1, -0.05) is 31.2 Å². The number of para-hydroxylation sites is 1. The number of aryl methyl sites for hydroxylation is 1. The molecule has 0 fully saturated rings. The minimum atomic E-state index is -0.406. The van der Waals surface area contributed by atoms with Gasteiger partial charge in [-0.05, 0) is 36.2 Å². The average molecular weight is 292 g/mol. The molecule has 0 atom stereocenters. The fourth-order valence-corrected chi connectivity index (χ4v) is 2.36. The number of nitrogens with one attached hydrogen (secondary N) is 2. The highest BCUT2D eigenvalue weighted by Crippen LogP contribution is 2.12. The van der Waals surface area contributed by atoms with Crippen molar-refractivity contribution >= 4 is 22.5 Å². The lowest BCUT2D eigenvalue weighted by atomic mass is 10.1. The zero-order valence-electron chi connectivity index (χ0n) is 12.2. The first-order chi connectivity index (χ1) is 10.7. The first-order valence-electron chi connectivity index (χ1n) is 7.19. The molecule has 0 aliphatic heterocycles. The van der Waals surface area contributed by atoms with Crippen molar-refractivity contribution in [1.29, 1.82) is 0 Å². The fraction of sp³-hybridized carbons (Fsp3) is 0.111. The van der Waals surface area contributed by atoms with E-state index in [0.717, 1.165) is 11.9 Å². The molecule has 0 bridgehead atoms. The first-order valence-corrected chi connectivity index (χ1v) is 7.19. The van der Waals surface area contributed by atoms with E-state index in [1.54, 1.807) is 12.1 Å². The number of anilines is 1. The van der Waals surface area contributed by atoms with Crippen LogP contribution in [0.3, 0.4) is 0 Å². The van der Waals surface area contributed by atoms with E-state index in [0.29, 0.717) is 11.1 Å². The summed E-state index contributed by atoms with van der Waals surface area (Å²) in [4.78, 5) is 27.7. The molecule has 0 unspecified atom stereocenters. The van der Waals surface area contributed by atoms with Gasteiger partial charge < -0.3 is 10.3 Å². The van der Waals surface area contributed by atoms with Crippen LogP contribution in [0.15, 0.2) is 59.5 Å². The van der Waals surface area contributed by atoms with Gasteiger partial charge >= 0.3 is 0 Å². The monoisotopic (exact) mass is 292 g/mol. The maximum atomic E-state index is 12.4. The molecule has 0 spiro atoms. The Morgan fingerprint density at radius 2 is 1.82 bits per heavy atom. The highest BCUT2D eigenvalue weighted by Gasteiger charge is 2.12. The molecule has 1 amide bonds. The largest absolute Gasteiger partial charge is 0.360 e. The Hall–Kier alpha value is -2.88. The van der Waals surface area contributed by atoms with Gasteiger partial charge in [-0.2, -0.15) is 0 Å². The minimum absolute atomic E-state index is 0.110. The van der Waals surface area contributed by atoms with Crippen LogP contribution in [0.1, 0.15) is 22.8 Å². The molecule has 3 rings (SSSR count). The smallest absolute Gasteiger partial charge is 0.261 e. The summed E-state index contributed by atoms with van der Waals surface area (Å²) in [6.45, 7) is 2.07. The molecule has 1 heterocycles. The third-order valence-electron chi connectivity index (χ3n) is 3.65. The van der Waals surface area contributed by atoms with Crippen LogP contribution in [0.5, 0.6) is 0 Å². The normalized spacial score (nSPS) is 10.6. The molecule has 1 aromatic heterocycles. The fourth-order valence-electron chi connectivity index (χ4n) is 2.36. The van der Waals surface area contributed by atoms with E-state index in [1.165, 1.54) is 11.8 Å². The zero-order chi connectivity index (χ0) is 15.5. The van der Waals surface area contributed by atoms with Gasteiger partial charge in [0.2, 0.25) is 5.43 Å². The van der Waals surface area contributed by atoms with Crippen molar-refractivity contribution in [3.8, 4) is 0 Å². The summed E-state index contributed by atoms with van der Waals surface area (Å²) in [5.74, 6) is -0.406. The summed E-state index contributed by atoms with van der Waals surface area (Å²) in [5, 5.41) is 3.27. The standard InChI is InChI=1S/C18H16N2O2/c1-2-12-7-9-13(10-8-12)20-18(22)15-11-19-16-6-4-3-5-14(16)17(15)21/h3-11H,2H2,1H3,(H,19,21)(H,20,22). The van der Waals surface area contributed by atoms with E-state index in [9.17, 15) is 9.59 Å². The maximum Gasteiger partial charge on any atom is 0.261 e. The number of amides is 1. The predicted molar refractivity (Wildman–Crippen MR) is 88.3 cm³/mol. The van der Waals surface area contributed by atoms with Gasteiger partial charge in [0.15, 0.2) is 0 Å². The summed E-state index contributed by atoms with van der Waals surface area (Å²) in [6.07, 6.45) is 2.40. The van der Waals surface area contributed by atoms with E-state index in [-0.39, 0.29) is 11.0 Å². The Balaban J connectivity index is 1.91. The molecule has 2 aromatic carbocycles. The van der Waals surface area contributed by atoms with Crippen LogP contribution >= 0.6 is 0 Å². The lowest BCUT2D eigenvalue weighted by molar-refractivity contribution is 0.102. The van der Waals surface area contributed by atoms with Crippen molar-refractivity contribution < 1.29 is 4.79 Å². The summed E-state index contributed by atoms with van der Waals surface area (Å²) in [5.41, 5.74) is 2.43. The van der Waals surface area contributed by atoms with Gasteiger partial charge in [-0.25, -0.2) is 0 Å². The molecule has 0 aliphatic carbocycles. The highest BCUT2D eigenvalue weighted by atomic mass is 16.2. The SMILES string of the molecule is CCc1ccc(NC(=O)c2c[nH]c3ccccc3c2=O)cc1. The molecule has 2 N–H and O–H groups in total. The number of rotatable bonds is 3. The van der Waals surface area contributed by atoms with Crippen molar-refractivity contribution in [1.82, 2.24) is 4.98 Å². The third kappa shape index (κ3) is 2.63. The van der Waals surface area contributed by atoms with Crippen LogP contribution < -0.4 is 10.7 Å². The maximum absolute atomic E-state index is 12.4. The Kier molecular flexibility index (Phi) is 3.74. The van der Waals surface area contributed by atoms with Crippen molar-refractivity contribution in [3.63, 3.8) is 0 Å². The molecule has 4 heteroatoms. The molecule has 0 saturated heterocycles. The number of aromatic nitrogens is 1. The second-order valence-corrected chi connectivity index (χ2v) is 5.08. The molecule has 4 nitrogen and oxygen atoms in total. The van der Waals surface area contributed by atoms with E-state index in [2.05, 4.69) is 17.2 Å². The lowest BCUT2D eigenvalue weighted by Gasteiger charge is -2.06. The lowest BCUT2D eigenvalue weighted by Crippen LogP contribution is -2.21. The Morgan fingerprint density at radius 1 is 1.09 bits per heavy atom. The number of hydrogen-bond donors (Lipinski definition) is 2. The van der Waals surface area contributed by atoms with Gasteiger partial charge in [-0.3, -0.25) is 9.59 Å². The minimum Gasteiger partial charge on any atom is -0.360 e.